The first-order chi connectivity index (χ1) is 13.2. The number of piperazine rings is 1. The Labute approximate surface area is 173 Å². The number of aromatic nitrogens is 4. The minimum Gasteiger partial charge on any atom is -0.352 e. The standard InChI is InChI=1S/C18H19IN6OS/c19-27-12-15-3-1-14(2-4-15)11-18(26)24-9-7-23(8-10-24)17-6-5-16-21-20-13-25(16)22-17/h1-6,13H,7-12H2. The van der Waals surface area contributed by atoms with E-state index in [9.17, 15) is 4.79 Å². The van der Waals surface area contributed by atoms with Gasteiger partial charge in [-0.2, -0.15) is 4.52 Å². The monoisotopic (exact) mass is 494 g/mol. The molecular weight excluding hydrogens is 475 g/mol. The zero-order chi connectivity index (χ0) is 18.6. The molecule has 0 saturated carbocycles. The van der Waals surface area contributed by atoms with Gasteiger partial charge in [0.15, 0.2) is 5.65 Å². The number of fused-ring (bicyclic) bond motifs is 1. The molecule has 0 aliphatic carbocycles. The molecular formula is C18H19IN6OS. The van der Waals surface area contributed by atoms with Gasteiger partial charge in [-0.1, -0.05) is 33.2 Å². The number of carbonyl (C=O) groups is 1. The lowest BCUT2D eigenvalue weighted by molar-refractivity contribution is -0.130. The van der Waals surface area contributed by atoms with Crippen LogP contribution in [0.25, 0.3) is 5.65 Å². The van der Waals surface area contributed by atoms with Gasteiger partial charge in [-0.3, -0.25) is 4.79 Å². The summed E-state index contributed by atoms with van der Waals surface area (Å²) in [6.45, 7) is 2.98. The number of hydrogen-bond donors (Lipinski definition) is 0. The first kappa shape index (κ1) is 18.5. The number of carbonyl (C=O) groups excluding carboxylic acids is 1. The molecule has 27 heavy (non-hydrogen) atoms. The quantitative estimate of drug-likeness (QED) is 0.509. The van der Waals surface area contributed by atoms with Crippen molar-refractivity contribution in [2.24, 2.45) is 0 Å². The van der Waals surface area contributed by atoms with Crippen LogP contribution >= 0.6 is 30.1 Å². The van der Waals surface area contributed by atoms with Gasteiger partial charge < -0.3 is 9.80 Å². The summed E-state index contributed by atoms with van der Waals surface area (Å²) in [5.74, 6) is 2.07. The highest BCUT2D eigenvalue weighted by molar-refractivity contribution is 14.2. The molecule has 1 aliphatic heterocycles. The molecule has 140 valence electrons. The highest BCUT2D eigenvalue weighted by atomic mass is 127. The lowest BCUT2D eigenvalue weighted by atomic mass is 10.1. The summed E-state index contributed by atoms with van der Waals surface area (Å²) in [5, 5.41) is 12.4. The zero-order valence-electron chi connectivity index (χ0n) is 14.7. The molecule has 1 fully saturated rings. The average Bonchev–Trinajstić information content (AvgIpc) is 3.17. The van der Waals surface area contributed by atoms with Crippen LogP contribution in [-0.2, 0) is 17.0 Å². The lowest BCUT2D eigenvalue weighted by Crippen LogP contribution is -2.49. The fourth-order valence-corrected chi connectivity index (χ4v) is 4.57. The van der Waals surface area contributed by atoms with E-state index in [0.29, 0.717) is 19.5 Å². The van der Waals surface area contributed by atoms with Crippen molar-refractivity contribution in [3.05, 3.63) is 53.9 Å². The van der Waals surface area contributed by atoms with E-state index in [-0.39, 0.29) is 5.91 Å². The summed E-state index contributed by atoms with van der Waals surface area (Å²) in [7, 11) is 1.77. The summed E-state index contributed by atoms with van der Waals surface area (Å²) in [4.78, 5) is 16.8. The van der Waals surface area contributed by atoms with Gasteiger partial charge in [0.2, 0.25) is 5.91 Å². The summed E-state index contributed by atoms with van der Waals surface area (Å²) in [6.07, 6.45) is 2.06. The van der Waals surface area contributed by atoms with E-state index in [2.05, 4.69) is 65.7 Å². The number of benzene rings is 1. The average molecular weight is 494 g/mol. The molecule has 1 saturated heterocycles. The number of hydrogen-bond acceptors (Lipinski definition) is 6. The molecule has 0 N–H and O–H groups in total. The van der Waals surface area contributed by atoms with E-state index in [1.165, 1.54) is 5.56 Å². The van der Waals surface area contributed by atoms with E-state index in [4.69, 9.17) is 0 Å². The molecule has 0 bridgehead atoms. The predicted octanol–water partition coefficient (Wildman–Crippen LogP) is 2.60. The molecule has 1 amide bonds. The fraction of sp³-hybridized carbons (Fsp3) is 0.333. The predicted molar refractivity (Wildman–Crippen MR) is 115 cm³/mol. The van der Waals surface area contributed by atoms with Gasteiger partial charge in [-0.15, -0.1) is 15.3 Å². The van der Waals surface area contributed by atoms with Gasteiger partial charge >= 0.3 is 0 Å². The summed E-state index contributed by atoms with van der Waals surface area (Å²) in [5.41, 5.74) is 3.09. The van der Waals surface area contributed by atoms with Crippen molar-refractivity contribution < 1.29 is 4.79 Å². The second kappa shape index (κ2) is 8.42. The molecule has 9 heteroatoms. The molecule has 7 nitrogen and oxygen atoms in total. The minimum absolute atomic E-state index is 0.188. The summed E-state index contributed by atoms with van der Waals surface area (Å²) in [6, 6.07) is 12.2. The van der Waals surface area contributed by atoms with E-state index in [0.717, 1.165) is 35.9 Å². The highest BCUT2D eigenvalue weighted by Gasteiger charge is 2.22. The van der Waals surface area contributed by atoms with Crippen LogP contribution in [0, 0.1) is 0 Å². The van der Waals surface area contributed by atoms with Gasteiger partial charge in [0.25, 0.3) is 0 Å². The maximum absolute atomic E-state index is 12.6. The van der Waals surface area contributed by atoms with Crippen LogP contribution in [0.1, 0.15) is 11.1 Å². The van der Waals surface area contributed by atoms with E-state index in [1.54, 1.807) is 19.8 Å². The van der Waals surface area contributed by atoms with E-state index >= 15 is 0 Å². The molecule has 0 atom stereocenters. The van der Waals surface area contributed by atoms with Crippen molar-refractivity contribution in [1.82, 2.24) is 24.7 Å². The Kier molecular flexibility index (Phi) is 5.77. The Bertz CT molecular complexity index is 923. The maximum atomic E-state index is 12.6. The van der Waals surface area contributed by atoms with Gasteiger partial charge in [-0.05, 0) is 44.5 Å². The first-order valence-electron chi connectivity index (χ1n) is 8.74. The normalized spacial score (nSPS) is 14.7. The minimum atomic E-state index is 0.188. The van der Waals surface area contributed by atoms with Crippen molar-refractivity contribution in [3.63, 3.8) is 0 Å². The largest absolute Gasteiger partial charge is 0.352 e. The Hall–Kier alpha value is -1.88. The van der Waals surface area contributed by atoms with Crippen LogP contribution < -0.4 is 4.90 Å². The topological polar surface area (TPSA) is 66.6 Å². The molecule has 0 spiro atoms. The third-order valence-corrected chi connectivity index (χ3v) is 6.08. The molecule has 0 unspecified atom stereocenters. The van der Waals surface area contributed by atoms with Gasteiger partial charge in [0.05, 0.1) is 6.42 Å². The SMILES string of the molecule is O=C(Cc1ccc(CSI)cc1)N1CCN(c2ccc3nncn3n2)CC1. The van der Waals surface area contributed by atoms with Crippen LogP contribution in [0.3, 0.4) is 0 Å². The van der Waals surface area contributed by atoms with E-state index in [1.807, 2.05) is 17.0 Å². The number of anilines is 1. The van der Waals surface area contributed by atoms with Crippen molar-refractivity contribution in [1.29, 1.82) is 0 Å². The Morgan fingerprint density at radius 1 is 1.04 bits per heavy atom. The number of nitrogens with zero attached hydrogens (tertiary/aromatic N) is 6. The Balaban J connectivity index is 1.33. The second-order valence-corrected chi connectivity index (χ2v) is 8.82. The molecule has 3 heterocycles. The van der Waals surface area contributed by atoms with Crippen molar-refractivity contribution in [2.45, 2.75) is 12.2 Å². The van der Waals surface area contributed by atoms with Gasteiger partial charge in [0.1, 0.15) is 12.1 Å². The molecule has 0 radical (unpaired) electrons. The zero-order valence-corrected chi connectivity index (χ0v) is 17.6. The van der Waals surface area contributed by atoms with Crippen molar-refractivity contribution in [2.75, 3.05) is 31.1 Å². The van der Waals surface area contributed by atoms with Crippen LogP contribution in [0.2, 0.25) is 0 Å². The molecule has 3 aromatic rings. The number of halogens is 1. The Morgan fingerprint density at radius 2 is 1.78 bits per heavy atom. The molecule has 1 aliphatic rings. The lowest BCUT2D eigenvalue weighted by Gasteiger charge is -2.35. The van der Waals surface area contributed by atoms with E-state index < -0.39 is 0 Å². The number of rotatable bonds is 5. The number of amides is 1. The summed E-state index contributed by atoms with van der Waals surface area (Å²) >= 11 is 2.30. The molecule has 1 aromatic carbocycles. The third kappa shape index (κ3) is 4.34. The smallest absolute Gasteiger partial charge is 0.227 e. The van der Waals surface area contributed by atoms with Gasteiger partial charge in [-0.25, -0.2) is 0 Å². The maximum Gasteiger partial charge on any atom is 0.227 e. The van der Waals surface area contributed by atoms with Crippen LogP contribution in [0.4, 0.5) is 5.82 Å². The van der Waals surface area contributed by atoms with Crippen molar-refractivity contribution in [3.8, 4) is 0 Å². The van der Waals surface area contributed by atoms with Crippen LogP contribution in [0.15, 0.2) is 42.7 Å². The molecule has 2 aromatic heterocycles. The fourth-order valence-electron chi connectivity index (χ4n) is 3.17. The van der Waals surface area contributed by atoms with Crippen LogP contribution in [0.5, 0.6) is 0 Å². The van der Waals surface area contributed by atoms with Gasteiger partial charge in [0, 0.05) is 31.9 Å². The van der Waals surface area contributed by atoms with Crippen LogP contribution in [-0.4, -0.2) is 56.8 Å². The first-order valence-corrected chi connectivity index (χ1v) is 12.3. The second-order valence-electron chi connectivity index (χ2n) is 6.44. The third-order valence-electron chi connectivity index (χ3n) is 4.70. The summed E-state index contributed by atoms with van der Waals surface area (Å²) < 4.78 is 1.67. The Morgan fingerprint density at radius 3 is 2.52 bits per heavy atom. The molecule has 4 rings (SSSR count). The van der Waals surface area contributed by atoms with Crippen molar-refractivity contribution >= 4 is 47.5 Å². The highest BCUT2D eigenvalue weighted by Crippen LogP contribution is 2.19.